The van der Waals surface area contributed by atoms with Crippen molar-refractivity contribution in [3.8, 4) is 5.75 Å². The predicted molar refractivity (Wildman–Crippen MR) is 113 cm³/mol. The Morgan fingerprint density at radius 1 is 0.893 bits per heavy atom. The summed E-state index contributed by atoms with van der Waals surface area (Å²) >= 11 is 1.33. The maximum Gasteiger partial charge on any atom is 0.265 e. The average Bonchev–Trinajstić information content (AvgIpc) is 3.18. The second kappa shape index (κ2) is 7.86. The molecule has 6 heteroatoms. The largest absolute Gasteiger partial charge is 0.506 e. The van der Waals surface area contributed by atoms with Crippen LogP contribution < -0.4 is 10.6 Å². The summed E-state index contributed by atoms with van der Waals surface area (Å²) in [4.78, 5) is 25.8. The van der Waals surface area contributed by atoms with Gasteiger partial charge in [-0.25, -0.2) is 0 Å². The number of aromatic hydroxyl groups is 1. The van der Waals surface area contributed by atoms with Crippen LogP contribution in [0.15, 0.2) is 60.0 Å². The molecule has 1 heterocycles. The summed E-state index contributed by atoms with van der Waals surface area (Å²) in [5.74, 6) is -0.697. The van der Waals surface area contributed by atoms with E-state index in [2.05, 4.69) is 31.4 Å². The van der Waals surface area contributed by atoms with Gasteiger partial charge >= 0.3 is 0 Å². The highest BCUT2D eigenvalue weighted by Gasteiger charge is 2.19. The molecular weight excluding hydrogens is 372 g/mol. The van der Waals surface area contributed by atoms with Crippen molar-refractivity contribution in [3.63, 3.8) is 0 Å². The lowest BCUT2D eigenvalue weighted by molar-refractivity contribution is 0.102. The number of anilines is 2. The van der Waals surface area contributed by atoms with Crippen LogP contribution >= 0.6 is 11.3 Å². The summed E-state index contributed by atoms with van der Waals surface area (Å²) in [6.07, 6.45) is 0. The van der Waals surface area contributed by atoms with Gasteiger partial charge in [0.15, 0.2) is 0 Å². The van der Waals surface area contributed by atoms with E-state index in [1.54, 1.807) is 48.5 Å². The molecule has 0 aliphatic heterocycles. The highest BCUT2D eigenvalue weighted by Crippen LogP contribution is 2.31. The predicted octanol–water partition coefficient (Wildman–Crippen LogP) is 5.26. The molecule has 2 aromatic carbocycles. The van der Waals surface area contributed by atoms with Crippen LogP contribution in [0, 0.1) is 0 Å². The second-order valence-corrected chi connectivity index (χ2v) is 8.36. The monoisotopic (exact) mass is 394 g/mol. The van der Waals surface area contributed by atoms with E-state index in [1.165, 1.54) is 11.3 Å². The number of benzene rings is 2. The van der Waals surface area contributed by atoms with Crippen LogP contribution in [0.1, 0.15) is 46.4 Å². The van der Waals surface area contributed by atoms with Crippen molar-refractivity contribution in [3.05, 3.63) is 76.0 Å². The molecule has 0 spiro atoms. The number of phenolic OH excluding ortho intramolecular Hbond substituents is 1. The summed E-state index contributed by atoms with van der Waals surface area (Å²) in [6, 6.07) is 15.5. The Morgan fingerprint density at radius 3 is 2.29 bits per heavy atom. The van der Waals surface area contributed by atoms with E-state index in [9.17, 15) is 14.7 Å². The molecule has 0 atom stereocenters. The van der Waals surface area contributed by atoms with E-state index in [-0.39, 0.29) is 17.1 Å². The highest BCUT2D eigenvalue weighted by molar-refractivity contribution is 7.12. The highest BCUT2D eigenvalue weighted by atomic mass is 32.1. The molecule has 144 valence electrons. The number of carbonyl (C=O) groups is 2. The molecule has 2 amide bonds. The molecule has 0 bridgehead atoms. The quantitative estimate of drug-likeness (QED) is 0.529. The average molecular weight is 394 g/mol. The van der Waals surface area contributed by atoms with Gasteiger partial charge in [0.2, 0.25) is 0 Å². The van der Waals surface area contributed by atoms with Gasteiger partial charge in [0.25, 0.3) is 11.8 Å². The molecule has 0 unspecified atom stereocenters. The fourth-order valence-corrected chi connectivity index (χ4v) is 3.29. The summed E-state index contributed by atoms with van der Waals surface area (Å²) < 4.78 is 0. The van der Waals surface area contributed by atoms with E-state index in [0.29, 0.717) is 21.8 Å². The van der Waals surface area contributed by atoms with Crippen molar-refractivity contribution in [1.29, 1.82) is 0 Å². The van der Waals surface area contributed by atoms with Crippen LogP contribution in [-0.2, 0) is 5.41 Å². The molecule has 1 aromatic heterocycles. The molecule has 3 N–H and O–H groups in total. The Labute approximate surface area is 168 Å². The van der Waals surface area contributed by atoms with Gasteiger partial charge in [0.1, 0.15) is 5.75 Å². The van der Waals surface area contributed by atoms with Gasteiger partial charge < -0.3 is 15.7 Å². The number of phenols is 1. The van der Waals surface area contributed by atoms with Crippen molar-refractivity contribution in [2.45, 2.75) is 26.2 Å². The topological polar surface area (TPSA) is 78.4 Å². The molecule has 28 heavy (non-hydrogen) atoms. The van der Waals surface area contributed by atoms with Gasteiger partial charge in [0.05, 0.1) is 21.8 Å². The zero-order valence-electron chi connectivity index (χ0n) is 15.9. The molecule has 5 nitrogen and oxygen atoms in total. The van der Waals surface area contributed by atoms with Gasteiger partial charge in [-0.2, -0.15) is 0 Å². The van der Waals surface area contributed by atoms with Gasteiger partial charge in [-0.1, -0.05) is 45.0 Å². The molecule has 0 saturated heterocycles. The molecule has 0 saturated carbocycles. The summed E-state index contributed by atoms with van der Waals surface area (Å²) in [7, 11) is 0. The normalized spacial score (nSPS) is 11.1. The first-order chi connectivity index (χ1) is 13.3. The van der Waals surface area contributed by atoms with Crippen LogP contribution in [0.2, 0.25) is 0 Å². The van der Waals surface area contributed by atoms with Crippen LogP contribution in [-0.4, -0.2) is 16.9 Å². The smallest absolute Gasteiger partial charge is 0.265 e. The summed E-state index contributed by atoms with van der Waals surface area (Å²) in [5.41, 5.74) is 1.91. The van der Waals surface area contributed by atoms with E-state index < -0.39 is 5.91 Å². The summed E-state index contributed by atoms with van der Waals surface area (Å²) in [6.45, 7) is 6.17. The minimum absolute atomic E-state index is 0.0125. The third kappa shape index (κ3) is 4.40. The summed E-state index contributed by atoms with van der Waals surface area (Å²) in [5, 5.41) is 17.5. The molecule has 0 fully saturated rings. The third-order valence-corrected chi connectivity index (χ3v) is 5.14. The zero-order valence-corrected chi connectivity index (χ0v) is 16.8. The Hall–Kier alpha value is -3.12. The zero-order chi connectivity index (χ0) is 20.3. The van der Waals surface area contributed by atoms with E-state index in [1.807, 2.05) is 11.4 Å². The van der Waals surface area contributed by atoms with Gasteiger partial charge in [0, 0.05) is 0 Å². The van der Waals surface area contributed by atoms with Crippen LogP contribution in [0.25, 0.3) is 0 Å². The van der Waals surface area contributed by atoms with Crippen molar-refractivity contribution in [2.75, 3.05) is 10.6 Å². The lowest BCUT2D eigenvalue weighted by atomic mass is 9.87. The number of thiophene rings is 1. The number of nitrogens with one attached hydrogen (secondary N) is 2. The second-order valence-electron chi connectivity index (χ2n) is 7.41. The van der Waals surface area contributed by atoms with E-state index >= 15 is 0 Å². The first-order valence-corrected chi connectivity index (χ1v) is 9.72. The molecule has 3 rings (SSSR count). The minimum Gasteiger partial charge on any atom is -0.506 e. The van der Waals surface area contributed by atoms with E-state index in [0.717, 1.165) is 5.56 Å². The van der Waals surface area contributed by atoms with Crippen LogP contribution in [0.4, 0.5) is 11.4 Å². The molecule has 0 aliphatic rings. The Balaban J connectivity index is 1.85. The molecule has 0 radical (unpaired) electrons. The van der Waals surface area contributed by atoms with Crippen molar-refractivity contribution < 1.29 is 14.7 Å². The van der Waals surface area contributed by atoms with Crippen molar-refractivity contribution >= 4 is 34.5 Å². The van der Waals surface area contributed by atoms with Crippen molar-refractivity contribution in [1.82, 2.24) is 0 Å². The lowest BCUT2D eigenvalue weighted by Crippen LogP contribution is -2.18. The number of hydrogen-bond acceptors (Lipinski definition) is 4. The standard InChI is InChI=1S/C22H22N2O3S/c1-22(2,3)14-10-11-18(25)17(13-14)24-20(26)15-7-4-5-8-16(15)23-21(27)19-9-6-12-28-19/h4-13,25H,1-3H3,(H,23,27)(H,24,26). The number of hydrogen-bond donors (Lipinski definition) is 3. The number of rotatable bonds is 4. The van der Waals surface area contributed by atoms with Gasteiger partial charge in [-0.15, -0.1) is 11.3 Å². The molecule has 0 aliphatic carbocycles. The minimum atomic E-state index is -0.413. The van der Waals surface area contributed by atoms with Gasteiger partial charge in [-0.3, -0.25) is 9.59 Å². The molecular formula is C22H22N2O3S. The SMILES string of the molecule is CC(C)(C)c1ccc(O)c(NC(=O)c2ccccc2NC(=O)c2cccs2)c1. The first kappa shape index (κ1) is 19.6. The van der Waals surface area contributed by atoms with Gasteiger partial charge in [-0.05, 0) is 46.7 Å². The number of para-hydroxylation sites is 1. The Kier molecular flexibility index (Phi) is 5.51. The Morgan fingerprint density at radius 2 is 1.61 bits per heavy atom. The molecule has 3 aromatic rings. The fourth-order valence-electron chi connectivity index (χ4n) is 2.67. The number of carbonyl (C=O) groups excluding carboxylic acids is 2. The fraction of sp³-hybridized carbons (Fsp3) is 0.182. The van der Waals surface area contributed by atoms with Crippen LogP contribution in [0.5, 0.6) is 5.75 Å². The van der Waals surface area contributed by atoms with E-state index in [4.69, 9.17) is 0 Å². The number of amides is 2. The third-order valence-electron chi connectivity index (χ3n) is 4.28. The lowest BCUT2D eigenvalue weighted by Gasteiger charge is -2.20. The first-order valence-electron chi connectivity index (χ1n) is 8.84. The Bertz CT molecular complexity index is 1000. The van der Waals surface area contributed by atoms with Crippen molar-refractivity contribution in [2.24, 2.45) is 0 Å². The van der Waals surface area contributed by atoms with Crippen LogP contribution in [0.3, 0.4) is 0 Å². The maximum atomic E-state index is 12.8. The maximum absolute atomic E-state index is 12.8.